The summed E-state index contributed by atoms with van der Waals surface area (Å²) < 4.78 is -1.21. The van der Waals surface area contributed by atoms with E-state index in [1.54, 1.807) is 6.08 Å². The van der Waals surface area contributed by atoms with E-state index in [1.165, 1.54) is 0 Å². The van der Waals surface area contributed by atoms with Crippen LogP contribution in [0.15, 0.2) is 11.6 Å². The van der Waals surface area contributed by atoms with Crippen LogP contribution in [0.5, 0.6) is 0 Å². The van der Waals surface area contributed by atoms with Crippen LogP contribution in [0, 0.1) is 0 Å². The molecule has 0 amide bonds. The predicted octanol–water partition coefficient (Wildman–Crippen LogP) is 3.25. The van der Waals surface area contributed by atoms with Gasteiger partial charge in [-0.25, -0.2) is 0 Å². The Morgan fingerprint density at radius 3 is 2.50 bits per heavy atom. The lowest BCUT2D eigenvalue weighted by Crippen LogP contribution is -2.35. The molecule has 0 saturated carbocycles. The van der Waals surface area contributed by atoms with Crippen molar-refractivity contribution in [2.24, 2.45) is 0 Å². The molecule has 12 heavy (non-hydrogen) atoms. The van der Waals surface area contributed by atoms with Crippen molar-refractivity contribution in [3.8, 4) is 0 Å². The fourth-order valence-corrected chi connectivity index (χ4v) is 1.74. The molecule has 0 heterocycles. The summed E-state index contributed by atoms with van der Waals surface area (Å²) in [6.45, 7) is 2.13. The highest BCUT2D eigenvalue weighted by Gasteiger charge is 2.42. The van der Waals surface area contributed by atoms with Crippen molar-refractivity contribution in [2.45, 2.75) is 36.9 Å². The maximum Gasteiger partial charge on any atom is 0.198 e. The molecule has 1 nitrogen and oxygen atoms in total. The Morgan fingerprint density at radius 2 is 2.08 bits per heavy atom. The number of allylic oxidation sites excluding steroid dienone is 2. The normalized spacial score (nSPS) is 20.2. The second-order valence-corrected chi connectivity index (χ2v) is 4.46. The smallest absolute Gasteiger partial charge is 0.198 e. The second-order valence-electron chi connectivity index (χ2n) is 3.08. The standard InChI is InChI=1S/C9H12Cl2O/c1-2-3-4-5-7-6-9(10,11)8(7)12/h6H,2-5H2,1H3. The van der Waals surface area contributed by atoms with Crippen molar-refractivity contribution in [3.63, 3.8) is 0 Å². The molecule has 0 atom stereocenters. The molecule has 0 N–H and O–H groups in total. The highest BCUT2D eigenvalue weighted by Crippen LogP contribution is 2.38. The number of hydrogen-bond acceptors (Lipinski definition) is 1. The SMILES string of the molecule is CCCCCC1=CC(Cl)(Cl)C1=O. The van der Waals surface area contributed by atoms with Gasteiger partial charge in [0.15, 0.2) is 10.1 Å². The van der Waals surface area contributed by atoms with Crippen LogP contribution in [0.25, 0.3) is 0 Å². The summed E-state index contributed by atoms with van der Waals surface area (Å²) in [4.78, 5) is 11.1. The lowest BCUT2D eigenvalue weighted by molar-refractivity contribution is -0.117. The van der Waals surface area contributed by atoms with Gasteiger partial charge in [0.2, 0.25) is 0 Å². The molecule has 0 radical (unpaired) electrons. The molecule has 0 bridgehead atoms. The van der Waals surface area contributed by atoms with Crippen molar-refractivity contribution in [1.82, 2.24) is 0 Å². The Balaban J connectivity index is 2.33. The third-order valence-corrected chi connectivity index (χ3v) is 2.56. The van der Waals surface area contributed by atoms with Gasteiger partial charge in [-0.3, -0.25) is 4.79 Å². The van der Waals surface area contributed by atoms with Gasteiger partial charge in [-0.15, -0.1) is 0 Å². The fraction of sp³-hybridized carbons (Fsp3) is 0.667. The van der Waals surface area contributed by atoms with E-state index in [-0.39, 0.29) is 5.78 Å². The molecule has 0 fully saturated rings. The van der Waals surface area contributed by atoms with Gasteiger partial charge >= 0.3 is 0 Å². The molecule has 1 aliphatic carbocycles. The summed E-state index contributed by atoms with van der Waals surface area (Å²) in [5, 5.41) is 0. The molecule has 68 valence electrons. The highest BCUT2D eigenvalue weighted by atomic mass is 35.5. The quantitative estimate of drug-likeness (QED) is 0.510. The Kier molecular flexibility index (Phi) is 3.19. The zero-order chi connectivity index (χ0) is 9.19. The van der Waals surface area contributed by atoms with Gasteiger partial charge < -0.3 is 0 Å². The van der Waals surface area contributed by atoms with Crippen molar-refractivity contribution >= 4 is 29.0 Å². The van der Waals surface area contributed by atoms with Crippen molar-refractivity contribution in [2.75, 3.05) is 0 Å². The molecule has 0 saturated heterocycles. The molecule has 0 aromatic rings. The molecule has 1 rings (SSSR count). The summed E-state index contributed by atoms with van der Waals surface area (Å²) in [6, 6.07) is 0. The molecule has 0 aromatic carbocycles. The molecule has 0 unspecified atom stereocenters. The van der Waals surface area contributed by atoms with E-state index < -0.39 is 4.33 Å². The summed E-state index contributed by atoms with van der Waals surface area (Å²) in [7, 11) is 0. The van der Waals surface area contributed by atoms with E-state index in [2.05, 4.69) is 6.92 Å². The minimum Gasteiger partial charge on any atom is -0.291 e. The number of carbonyl (C=O) groups is 1. The van der Waals surface area contributed by atoms with Crippen LogP contribution in [0.2, 0.25) is 0 Å². The first-order valence-electron chi connectivity index (χ1n) is 4.22. The second kappa shape index (κ2) is 3.80. The zero-order valence-corrected chi connectivity index (χ0v) is 8.58. The van der Waals surface area contributed by atoms with Crippen molar-refractivity contribution < 1.29 is 4.79 Å². The molecule has 3 heteroatoms. The van der Waals surface area contributed by atoms with Crippen LogP contribution in [0.3, 0.4) is 0 Å². The number of alkyl halides is 2. The molecular weight excluding hydrogens is 195 g/mol. The van der Waals surface area contributed by atoms with Crippen molar-refractivity contribution in [3.05, 3.63) is 11.6 Å². The van der Waals surface area contributed by atoms with Gasteiger partial charge in [0.25, 0.3) is 0 Å². The average molecular weight is 207 g/mol. The summed E-state index contributed by atoms with van der Waals surface area (Å²) >= 11 is 11.2. The third kappa shape index (κ3) is 2.02. The Hall–Kier alpha value is -0.0100. The maximum absolute atomic E-state index is 11.1. The summed E-state index contributed by atoms with van der Waals surface area (Å²) in [5.74, 6) is -0.109. The van der Waals surface area contributed by atoms with E-state index in [0.29, 0.717) is 0 Å². The summed E-state index contributed by atoms with van der Waals surface area (Å²) in [6.07, 6.45) is 5.84. The number of rotatable bonds is 4. The zero-order valence-electron chi connectivity index (χ0n) is 7.07. The number of carbonyl (C=O) groups excluding carboxylic acids is 1. The largest absolute Gasteiger partial charge is 0.291 e. The lowest BCUT2D eigenvalue weighted by atomic mass is 9.91. The molecule has 0 aliphatic heterocycles. The predicted molar refractivity (Wildman–Crippen MR) is 51.7 cm³/mol. The highest BCUT2D eigenvalue weighted by molar-refractivity contribution is 6.64. The Labute approximate surface area is 82.7 Å². The third-order valence-electron chi connectivity index (χ3n) is 2.00. The maximum atomic E-state index is 11.1. The van der Waals surface area contributed by atoms with E-state index >= 15 is 0 Å². The number of hydrogen-bond donors (Lipinski definition) is 0. The first-order valence-corrected chi connectivity index (χ1v) is 4.98. The van der Waals surface area contributed by atoms with E-state index in [1.807, 2.05) is 0 Å². The number of Topliss-reactive ketones (excluding diaryl/α,β-unsaturated/α-hetero) is 1. The van der Waals surface area contributed by atoms with Gasteiger partial charge in [-0.05, 0) is 24.5 Å². The summed E-state index contributed by atoms with van der Waals surface area (Å²) in [5.41, 5.74) is 0.799. The number of ketones is 1. The van der Waals surface area contributed by atoms with Gasteiger partial charge in [-0.2, -0.15) is 0 Å². The minimum absolute atomic E-state index is 0.109. The van der Waals surface area contributed by atoms with Crippen LogP contribution in [-0.2, 0) is 4.79 Å². The van der Waals surface area contributed by atoms with Crippen molar-refractivity contribution in [1.29, 1.82) is 0 Å². The van der Waals surface area contributed by atoms with Crippen LogP contribution in [0.4, 0.5) is 0 Å². The fourth-order valence-electron chi connectivity index (χ4n) is 1.24. The lowest BCUT2D eigenvalue weighted by Gasteiger charge is -2.25. The van der Waals surface area contributed by atoms with E-state index in [4.69, 9.17) is 23.2 Å². The van der Waals surface area contributed by atoms with Gasteiger partial charge in [-0.1, -0.05) is 43.0 Å². The minimum atomic E-state index is -1.21. The first kappa shape index (κ1) is 10.1. The molecule has 0 aromatic heterocycles. The number of unbranched alkanes of at least 4 members (excludes halogenated alkanes) is 2. The van der Waals surface area contributed by atoms with Crippen LogP contribution < -0.4 is 0 Å². The van der Waals surface area contributed by atoms with E-state index in [0.717, 1.165) is 31.3 Å². The topological polar surface area (TPSA) is 17.1 Å². The van der Waals surface area contributed by atoms with Crippen LogP contribution >= 0.6 is 23.2 Å². The van der Waals surface area contributed by atoms with Gasteiger partial charge in [0.1, 0.15) is 0 Å². The van der Waals surface area contributed by atoms with Gasteiger partial charge in [0.05, 0.1) is 0 Å². The first-order chi connectivity index (χ1) is 5.58. The Bertz CT molecular complexity index is 219. The Morgan fingerprint density at radius 1 is 1.42 bits per heavy atom. The van der Waals surface area contributed by atoms with Crippen LogP contribution in [0.1, 0.15) is 32.6 Å². The molecule has 0 spiro atoms. The number of halogens is 2. The molecular formula is C9H12Cl2O. The molecule has 1 aliphatic rings. The van der Waals surface area contributed by atoms with Gasteiger partial charge in [0, 0.05) is 0 Å². The van der Waals surface area contributed by atoms with Crippen LogP contribution in [-0.4, -0.2) is 10.1 Å². The monoisotopic (exact) mass is 206 g/mol. The average Bonchev–Trinajstić information content (AvgIpc) is 2.03. The van der Waals surface area contributed by atoms with E-state index in [9.17, 15) is 4.79 Å².